The van der Waals surface area contributed by atoms with E-state index in [1.54, 1.807) is 4.90 Å². The third kappa shape index (κ3) is 2.58. The van der Waals surface area contributed by atoms with Gasteiger partial charge in [-0.3, -0.25) is 4.79 Å². The van der Waals surface area contributed by atoms with Gasteiger partial charge in [0, 0.05) is 24.5 Å². The molecule has 0 aliphatic carbocycles. The summed E-state index contributed by atoms with van der Waals surface area (Å²) in [7, 11) is 0. The van der Waals surface area contributed by atoms with Crippen LogP contribution in [-0.2, 0) is 9.53 Å². The molecule has 1 aromatic rings. The standard InChI is InChI=1S/C13H18N2O2/c1-2-15(12-5-3-4-11(14)8-12)13(16)10-6-7-17-9-10/h3-5,8,10H,2,6-7,9,14H2,1H3. The zero-order valence-corrected chi connectivity index (χ0v) is 10.1. The molecule has 1 fully saturated rings. The molecule has 0 radical (unpaired) electrons. The first-order valence-corrected chi connectivity index (χ1v) is 5.97. The number of amides is 1. The van der Waals surface area contributed by atoms with E-state index in [1.165, 1.54) is 0 Å². The summed E-state index contributed by atoms with van der Waals surface area (Å²) in [5, 5.41) is 0. The third-order valence-corrected chi connectivity index (χ3v) is 3.04. The summed E-state index contributed by atoms with van der Waals surface area (Å²) in [6, 6.07) is 7.43. The number of ether oxygens (including phenoxy) is 1. The molecule has 0 aromatic heterocycles. The molecule has 1 saturated heterocycles. The number of carbonyl (C=O) groups excluding carboxylic acids is 1. The number of carbonyl (C=O) groups is 1. The summed E-state index contributed by atoms with van der Waals surface area (Å²) < 4.78 is 5.26. The Hall–Kier alpha value is -1.55. The lowest BCUT2D eigenvalue weighted by Crippen LogP contribution is -2.36. The molecule has 1 atom stereocenters. The Balaban J connectivity index is 2.17. The maximum atomic E-state index is 12.3. The maximum absolute atomic E-state index is 12.3. The molecule has 0 saturated carbocycles. The van der Waals surface area contributed by atoms with Gasteiger partial charge in [0.05, 0.1) is 12.5 Å². The van der Waals surface area contributed by atoms with E-state index in [2.05, 4.69) is 0 Å². The zero-order chi connectivity index (χ0) is 12.3. The molecule has 2 N–H and O–H groups in total. The second kappa shape index (κ2) is 5.19. The van der Waals surface area contributed by atoms with Gasteiger partial charge in [-0.1, -0.05) is 6.07 Å². The number of anilines is 2. The Labute approximate surface area is 101 Å². The van der Waals surface area contributed by atoms with Gasteiger partial charge in [-0.05, 0) is 31.5 Å². The van der Waals surface area contributed by atoms with Gasteiger partial charge in [-0.2, -0.15) is 0 Å². The summed E-state index contributed by atoms with van der Waals surface area (Å²) in [5.41, 5.74) is 7.28. The highest BCUT2D eigenvalue weighted by Crippen LogP contribution is 2.22. The largest absolute Gasteiger partial charge is 0.399 e. The van der Waals surface area contributed by atoms with Crippen LogP contribution in [0, 0.1) is 5.92 Å². The second-order valence-electron chi connectivity index (χ2n) is 4.24. The molecule has 4 nitrogen and oxygen atoms in total. The fraction of sp³-hybridized carbons (Fsp3) is 0.462. The molecule has 1 unspecified atom stereocenters. The number of hydrogen-bond acceptors (Lipinski definition) is 3. The molecule has 92 valence electrons. The lowest BCUT2D eigenvalue weighted by molar-refractivity contribution is -0.122. The molecule has 1 heterocycles. The summed E-state index contributed by atoms with van der Waals surface area (Å²) in [6.45, 7) is 3.85. The average Bonchev–Trinajstić information content (AvgIpc) is 2.83. The second-order valence-corrected chi connectivity index (χ2v) is 4.24. The Kier molecular flexibility index (Phi) is 3.64. The minimum Gasteiger partial charge on any atom is -0.399 e. The number of nitrogen functional groups attached to an aromatic ring is 1. The van der Waals surface area contributed by atoms with Crippen molar-refractivity contribution in [3.8, 4) is 0 Å². The van der Waals surface area contributed by atoms with Crippen molar-refractivity contribution < 1.29 is 9.53 Å². The Bertz CT molecular complexity index is 400. The van der Waals surface area contributed by atoms with Crippen molar-refractivity contribution in [3.63, 3.8) is 0 Å². The Morgan fingerprint density at radius 1 is 1.59 bits per heavy atom. The van der Waals surface area contributed by atoms with Crippen molar-refractivity contribution in [1.82, 2.24) is 0 Å². The average molecular weight is 234 g/mol. The Morgan fingerprint density at radius 2 is 2.41 bits per heavy atom. The van der Waals surface area contributed by atoms with Crippen LogP contribution in [0.5, 0.6) is 0 Å². The molecule has 1 aliphatic heterocycles. The zero-order valence-electron chi connectivity index (χ0n) is 10.1. The van der Waals surface area contributed by atoms with Crippen molar-refractivity contribution in [2.45, 2.75) is 13.3 Å². The molecule has 2 rings (SSSR count). The molecule has 1 aromatic carbocycles. The van der Waals surface area contributed by atoms with Crippen LogP contribution < -0.4 is 10.6 Å². The van der Waals surface area contributed by atoms with Gasteiger partial charge in [0.2, 0.25) is 5.91 Å². The molecule has 0 spiro atoms. The lowest BCUT2D eigenvalue weighted by Gasteiger charge is -2.24. The molecule has 1 amide bonds. The number of hydrogen-bond donors (Lipinski definition) is 1. The van der Waals surface area contributed by atoms with E-state index in [9.17, 15) is 4.79 Å². The highest BCUT2D eigenvalue weighted by molar-refractivity contribution is 5.95. The van der Waals surface area contributed by atoms with Crippen LogP contribution >= 0.6 is 0 Å². The van der Waals surface area contributed by atoms with Gasteiger partial charge in [0.15, 0.2) is 0 Å². The Morgan fingerprint density at radius 3 is 3.00 bits per heavy atom. The van der Waals surface area contributed by atoms with Crippen molar-refractivity contribution in [2.24, 2.45) is 5.92 Å². The van der Waals surface area contributed by atoms with Crippen LogP contribution in [-0.4, -0.2) is 25.7 Å². The summed E-state index contributed by atoms with van der Waals surface area (Å²) in [5.74, 6) is 0.131. The van der Waals surface area contributed by atoms with Crippen molar-refractivity contribution >= 4 is 17.3 Å². The first-order chi connectivity index (χ1) is 8.22. The van der Waals surface area contributed by atoms with Crippen molar-refractivity contribution in [3.05, 3.63) is 24.3 Å². The molecule has 17 heavy (non-hydrogen) atoms. The quantitative estimate of drug-likeness (QED) is 0.809. The minimum atomic E-state index is -0.00335. The van der Waals surface area contributed by atoms with Crippen LogP contribution in [0.15, 0.2) is 24.3 Å². The van der Waals surface area contributed by atoms with Crippen LogP contribution in [0.1, 0.15) is 13.3 Å². The fourth-order valence-corrected chi connectivity index (χ4v) is 2.11. The molecular weight excluding hydrogens is 216 g/mol. The van der Waals surface area contributed by atoms with Crippen LogP contribution in [0.2, 0.25) is 0 Å². The smallest absolute Gasteiger partial charge is 0.232 e. The van der Waals surface area contributed by atoms with Crippen LogP contribution in [0.25, 0.3) is 0 Å². The van der Waals surface area contributed by atoms with E-state index >= 15 is 0 Å². The number of benzene rings is 1. The van der Waals surface area contributed by atoms with E-state index in [-0.39, 0.29) is 11.8 Å². The molecule has 1 aliphatic rings. The number of nitrogens with zero attached hydrogens (tertiary/aromatic N) is 1. The lowest BCUT2D eigenvalue weighted by atomic mass is 10.1. The number of nitrogens with two attached hydrogens (primary N) is 1. The van der Waals surface area contributed by atoms with Crippen LogP contribution in [0.3, 0.4) is 0 Å². The SMILES string of the molecule is CCN(C(=O)C1CCOC1)c1cccc(N)c1. The van der Waals surface area contributed by atoms with Crippen molar-refractivity contribution in [2.75, 3.05) is 30.4 Å². The minimum absolute atomic E-state index is 0.00335. The van der Waals surface area contributed by atoms with Gasteiger partial charge in [-0.25, -0.2) is 0 Å². The molecule has 4 heteroatoms. The first kappa shape index (κ1) is 11.9. The van der Waals surface area contributed by atoms with Gasteiger partial charge >= 0.3 is 0 Å². The van der Waals surface area contributed by atoms with E-state index in [4.69, 9.17) is 10.5 Å². The predicted octanol–water partition coefficient (Wildman–Crippen LogP) is 1.66. The topological polar surface area (TPSA) is 55.6 Å². The number of rotatable bonds is 3. The van der Waals surface area contributed by atoms with E-state index in [0.29, 0.717) is 25.4 Å². The summed E-state index contributed by atoms with van der Waals surface area (Å²) >= 11 is 0. The van der Waals surface area contributed by atoms with Gasteiger partial charge in [0.25, 0.3) is 0 Å². The van der Waals surface area contributed by atoms with E-state index in [1.807, 2.05) is 31.2 Å². The molecule has 0 bridgehead atoms. The van der Waals surface area contributed by atoms with E-state index < -0.39 is 0 Å². The normalized spacial score (nSPS) is 19.2. The highest BCUT2D eigenvalue weighted by atomic mass is 16.5. The van der Waals surface area contributed by atoms with Gasteiger partial charge in [-0.15, -0.1) is 0 Å². The van der Waals surface area contributed by atoms with Crippen molar-refractivity contribution in [1.29, 1.82) is 0 Å². The van der Waals surface area contributed by atoms with Crippen LogP contribution in [0.4, 0.5) is 11.4 Å². The molecular formula is C13H18N2O2. The highest BCUT2D eigenvalue weighted by Gasteiger charge is 2.28. The van der Waals surface area contributed by atoms with Gasteiger partial charge < -0.3 is 15.4 Å². The predicted molar refractivity (Wildman–Crippen MR) is 67.8 cm³/mol. The summed E-state index contributed by atoms with van der Waals surface area (Å²) in [4.78, 5) is 14.1. The first-order valence-electron chi connectivity index (χ1n) is 5.97. The third-order valence-electron chi connectivity index (χ3n) is 3.04. The fourth-order valence-electron chi connectivity index (χ4n) is 2.11. The maximum Gasteiger partial charge on any atom is 0.232 e. The van der Waals surface area contributed by atoms with E-state index in [0.717, 1.165) is 12.1 Å². The van der Waals surface area contributed by atoms with Gasteiger partial charge in [0.1, 0.15) is 0 Å². The summed E-state index contributed by atoms with van der Waals surface area (Å²) in [6.07, 6.45) is 0.817. The monoisotopic (exact) mass is 234 g/mol.